The van der Waals surface area contributed by atoms with Crippen LogP contribution in [0.4, 0.5) is 4.20 Å². The molecule has 15 heavy (non-hydrogen) atoms. The average Bonchev–Trinajstić information content (AvgIpc) is 2.00. The number of hydrogen-bond donors (Lipinski definition) is 0. The zero-order chi connectivity index (χ0) is 11.7. The summed E-state index contributed by atoms with van der Waals surface area (Å²) in [7, 11) is -3.79. The maximum absolute atomic E-state index is 12.8. The van der Waals surface area contributed by atoms with Crippen molar-refractivity contribution in [2.24, 2.45) is 11.3 Å². The van der Waals surface area contributed by atoms with Crippen LogP contribution in [-0.4, -0.2) is 12.8 Å². The first-order chi connectivity index (χ1) is 6.68. The van der Waals surface area contributed by atoms with Gasteiger partial charge in [-0.25, -0.2) is 0 Å². The minimum Gasteiger partial charge on any atom is -0.302 e. The predicted molar refractivity (Wildman–Crippen MR) is 60.9 cm³/mol. The van der Waals surface area contributed by atoms with Crippen LogP contribution < -0.4 is 0 Å². The summed E-state index contributed by atoms with van der Waals surface area (Å²) in [4.78, 5) is 0. The Morgan fingerprint density at radius 1 is 1.20 bits per heavy atom. The molecule has 2 nitrogen and oxygen atoms in total. The summed E-state index contributed by atoms with van der Waals surface area (Å²) in [6, 6.07) is 0. The van der Waals surface area contributed by atoms with Crippen LogP contribution in [0.2, 0.25) is 0 Å². The summed E-state index contributed by atoms with van der Waals surface area (Å²) < 4.78 is 28.6. The largest absolute Gasteiger partial charge is 0.364 e. The lowest BCUT2D eigenvalue weighted by Crippen LogP contribution is -2.28. The fourth-order valence-corrected chi connectivity index (χ4v) is 3.04. The first-order valence-electron chi connectivity index (χ1n) is 5.64. The Balaban J connectivity index is 2.40. The Bertz CT molecular complexity index is 246. The lowest BCUT2D eigenvalue weighted by Gasteiger charge is -2.36. The Hall–Kier alpha value is 0.120. The molecule has 1 aliphatic carbocycles. The van der Waals surface area contributed by atoms with Crippen molar-refractivity contribution in [3.63, 3.8) is 0 Å². The highest BCUT2D eigenvalue weighted by Gasteiger charge is 2.32. The van der Waals surface area contributed by atoms with Crippen LogP contribution in [0.3, 0.4) is 0 Å². The zero-order valence-corrected chi connectivity index (χ0v) is 11.0. The Morgan fingerprint density at radius 3 is 2.00 bits per heavy atom. The smallest absolute Gasteiger partial charge is 0.302 e. The molecule has 0 radical (unpaired) electrons. The van der Waals surface area contributed by atoms with Crippen molar-refractivity contribution in [3.8, 4) is 0 Å². The van der Waals surface area contributed by atoms with Crippen molar-refractivity contribution in [3.05, 3.63) is 0 Å². The monoisotopic (exact) mass is 236 g/mol. The maximum Gasteiger partial charge on any atom is 0.364 e. The second kappa shape index (κ2) is 4.55. The van der Waals surface area contributed by atoms with Crippen LogP contribution in [0.5, 0.6) is 0 Å². The normalized spacial score (nSPS) is 32.3. The fourth-order valence-electron chi connectivity index (χ4n) is 2.30. The molecule has 1 rings (SSSR count). The highest BCUT2D eigenvalue weighted by Crippen LogP contribution is 2.49. The van der Waals surface area contributed by atoms with Crippen LogP contribution >= 0.6 is 7.68 Å². The molecule has 0 saturated heterocycles. The van der Waals surface area contributed by atoms with E-state index in [2.05, 4.69) is 20.8 Å². The summed E-state index contributed by atoms with van der Waals surface area (Å²) in [5, 5.41) is 0. The van der Waals surface area contributed by atoms with E-state index < -0.39 is 7.68 Å². The van der Waals surface area contributed by atoms with Crippen LogP contribution in [0.25, 0.3) is 0 Å². The van der Waals surface area contributed by atoms with Gasteiger partial charge >= 0.3 is 7.68 Å². The van der Waals surface area contributed by atoms with Crippen molar-refractivity contribution in [2.75, 3.05) is 6.66 Å². The number of rotatable bonds is 2. The van der Waals surface area contributed by atoms with Gasteiger partial charge in [0, 0.05) is 6.66 Å². The molecule has 1 saturated carbocycles. The molecule has 0 aromatic carbocycles. The average molecular weight is 236 g/mol. The molecule has 0 bridgehead atoms. The van der Waals surface area contributed by atoms with E-state index in [1.165, 1.54) is 0 Å². The molecule has 4 heteroatoms. The van der Waals surface area contributed by atoms with E-state index in [-0.39, 0.29) is 6.10 Å². The number of hydrogen-bond acceptors (Lipinski definition) is 2. The van der Waals surface area contributed by atoms with Crippen molar-refractivity contribution in [1.82, 2.24) is 0 Å². The Morgan fingerprint density at radius 2 is 1.67 bits per heavy atom. The van der Waals surface area contributed by atoms with E-state index >= 15 is 0 Å². The molecular weight excluding hydrogens is 214 g/mol. The molecule has 1 aliphatic rings. The van der Waals surface area contributed by atoms with Crippen molar-refractivity contribution >= 4 is 7.68 Å². The third-order valence-corrected chi connectivity index (χ3v) is 3.91. The SMILES string of the molecule is CC(C)(C)C1CCC(OP(C)(=O)F)CC1. The Labute approximate surface area is 92.2 Å². The number of halogens is 1. The molecule has 1 unspecified atom stereocenters. The molecule has 90 valence electrons. The van der Waals surface area contributed by atoms with Crippen LogP contribution in [-0.2, 0) is 9.09 Å². The van der Waals surface area contributed by atoms with Gasteiger partial charge in [-0.1, -0.05) is 20.8 Å². The van der Waals surface area contributed by atoms with Crippen molar-refractivity contribution in [2.45, 2.75) is 52.6 Å². The van der Waals surface area contributed by atoms with Gasteiger partial charge in [0.05, 0.1) is 6.10 Å². The van der Waals surface area contributed by atoms with E-state index in [9.17, 15) is 8.76 Å². The summed E-state index contributed by atoms with van der Waals surface area (Å²) in [5.41, 5.74) is 0.316. The third-order valence-electron chi connectivity index (χ3n) is 3.24. The zero-order valence-electron chi connectivity index (χ0n) is 10.1. The summed E-state index contributed by atoms with van der Waals surface area (Å²) in [6.07, 6.45) is 3.64. The van der Waals surface area contributed by atoms with Crippen LogP contribution in [0.1, 0.15) is 46.5 Å². The second-order valence-electron chi connectivity index (χ2n) is 5.69. The highest BCUT2D eigenvalue weighted by atomic mass is 31.2. The van der Waals surface area contributed by atoms with Gasteiger partial charge in [0.1, 0.15) is 0 Å². The molecule has 1 fully saturated rings. The molecule has 0 aromatic rings. The Kier molecular flexibility index (Phi) is 4.00. The van der Waals surface area contributed by atoms with Gasteiger partial charge < -0.3 is 4.52 Å². The van der Waals surface area contributed by atoms with E-state index in [1.54, 1.807) is 0 Å². The van der Waals surface area contributed by atoms with E-state index in [0.717, 1.165) is 32.3 Å². The quantitative estimate of drug-likeness (QED) is 0.664. The topological polar surface area (TPSA) is 26.3 Å². The van der Waals surface area contributed by atoms with E-state index in [0.29, 0.717) is 11.3 Å². The lowest BCUT2D eigenvalue weighted by molar-refractivity contribution is 0.0856. The van der Waals surface area contributed by atoms with Gasteiger partial charge in [-0.2, -0.15) is 4.20 Å². The molecule has 0 amide bonds. The van der Waals surface area contributed by atoms with Crippen LogP contribution in [0, 0.1) is 11.3 Å². The predicted octanol–water partition coefficient (Wildman–Crippen LogP) is 4.40. The van der Waals surface area contributed by atoms with E-state index in [1.807, 2.05) is 0 Å². The maximum atomic E-state index is 12.8. The molecule has 0 heterocycles. The lowest BCUT2D eigenvalue weighted by atomic mass is 9.72. The summed E-state index contributed by atoms with van der Waals surface area (Å²) in [6.45, 7) is 7.75. The minimum atomic E-state index is -3.79. The van der Waals surface area contributed by atoms with Gasteiger partial charge in [-0.05, 0) is 37.0 Å². The first-order valence-corrected chi connectivity index (χ1v) is 7.60. The van der Waals surface area contributed by atoms with Gasteiger partial charge in [-0.15, -0.1) is 0 Å². The van der Waals surface area contributed by atoms with Crippen LogP contribution in [0.15, 0.2) is 0 Å². The molecule has 0 aromatic heterocycles. The third kappa shape index (κ3) is 4.65. The van der Waals surface area contributed by atoms with Crippen molar-refractivity contribution < 1.29 is 13.3 Å². The fraction of sp³-hybridized carbons (Fsp3) is 1.00. The van der Waals surface area contributed by atoms with Gasteiger partial charge in [-0.3, -0.25) is 4.57 Å². The molecular formula is C11H22FO2P. The van der Waals surface area contributed by atoms with Crippen molar-refractivity contribution in [1.29, 1.82) is 0 Å². The van der Waals surface area contributed by atoms with E-state index in [4.69, 9.17) is 4.52 Å². The van der Waals surface area contributed by atoms with Gasteiger partial charge in [0.2, 0.25) is 0 Å². The minimum absolute atomic E-state index is 0.135. The second-order valence-corrected chi connectivity index (χ2v) is 7.40. The first kappa shape index (κ1) is 13.2. The van der Waals surface area contributed by atoms with Gasteiger partial charge in [0.15, 0.2) is 0 Å². The summed E-state index contributed by atoms with van der Waals surface area (Å²) >= 11 is 0. The molecule has 0 N–H and O–H groups in total. The van der Waals surface area contributed by atoms with Gasteiger partial charge in [0.25, 0.3) is 0 Å². The molecule has 1 atom stereocenters. The standard InChI is InChI=1S/C11H22FO2P/c1-11(2,3)9-5-7-10(8-6-9)14-15(4,12)13/h9-10H,5-8H2,1-4H3. The molecule has 0 aliphatic heterocycles. The highest BCUT2D eigenvalue weighted by molar-refractivity contribution is 7.52. The molecule has 0 spiro atoms. The summed E-state index contributed by atoms with van der Waals surface area (Å²) in [5.74, 6) is 0.674.